The Morgan fingerprint density at radius 1 is 1.25 bits per heavy atom. The second kappa shape index (κ2) is 7.65. The maximum absolute atomic E-state index is 11.9. The zero-order valence-electron chi connectivity index (χ0n) is 11.9. The van der Waals surface area contributed by atoms with Gasteiger partial charge in [0.2, 0.25) is 5.91 Å². The lowest BCUT2D eigenvalue weighted by Crippen LogP contribution is -2.45. The zero-order valence-corrected chi connectivity index (χ0v) is 11.9. The number of hydrogen-bond donors (Lipinski definition) is 3. The van der Waals surface area contributed by atoms with Crippen LogP contribution < -0.4 is 11.1 Å². The lowest BCUT2D eigenvalue weighted by molar-refractivity contribution is -0.143. The standard InChI is InChI=1S/C15H22N2O3/c1-10(2)12(15(19)20)9-17-14(18)13(16)8-11-6-4-3-5-7-11/h3-7,10,12-13H,8-9,16H2,1-2H3,(H,17,18)(H,19,20)/t12?,13-/m1/s1. The van der Waals surface area contributed by atoms with Crippen molar-refractivity contribution in [2.45, 2.75) is 26.3 Å². The molecule has 1 rings (SSSR count). The molecule has 0 spiro atoms. The maximum Gasteiger partial charge on any atom is 0.308 e. The first kappa shape index (κ1) is 16.2. The predicted molar refractivity (Wildman–Crippen MR) is 77.1 cm³/mol. The Morgan fingerprint density at radius 3 is 2.35 bits per heavy atom. The highest BCUT2D eigenvalue weighted by molar-refractivity contribution is 5.82. The molecule has 4 N–H and O–H groups in total. The van der Waals surface area contributed by atoms with Gasteiger partial charge in [-0.25, -0.2) is 0 Å². The van der Waals surface area contributed by atoms with Crippen LogP contribution in [0.2, 0.25) is 0 Å². The molecular weight excluding hydrogens is 256 g/mol. The smallest absolute Gasteiger partial charge is 0.308 e. The average Bonchev–Trinajstić information content (AvgIpc) is 2.38. The molecule has 0 aliphatic rings. The van der Waals surface area contributed by atoms with Crippen molar-refractivity contribution in [3.05, 3.63) is 35.9 Å². The summed E-state index contributed by atoms with van der Waals surface area (Å²) in [6.45, 7) is 3.73. The molecule has 1 amide bonds. The summed E-state index contributed by atoms with van der Waals surface area (Å²) < 4.78 is 0. The fourth-order valence-electron chi connectivity index (χ4n) is 1.91. The molecule has 0 saturated carbocycles. The summed E-state index contributed by atoms with van der Waals surface area (Å²) in [6.07, 6.45) is 0.437. The van der Waals surface area contributed by atoms with Crippen molar-refractivity contribution in [1.82, 2.24) is 5.32 Å². The first-order valence-corrected chi connectivity index (χ1v) is 6.71. The van der Waals surface area contributed by atoms with Crippen LogP contribution in [0.25, 0.3) is 0 Å². The summed E-state index contributed by atoms with van der Waals surface area (Å²) in [5.41, 5.74) is 6.81. The van der Waals surface area contributed by atoms with E-state index in [2.05, 4.69) is 5.32 Å². The lowest BCUT2D eigenvalue weighted by atomic mass is 9.96. The van der Waals surface area contributed by atoms with Gasteiger partial charge in [-0.15, -0.1) is 0 Å². The Hall–Kier alpha value is -1.88. The molecule has 2 atom stereocenters. The van der Waals surface area contributed by atoms with Gasteiger partial charge >= 0.3 is 5.97 Å². The molecule has 1 aromatic rings. The van der Waals surface area contributed by atoms with E-state index in [-0.39, 0.29) is 18.4 Å². The normalized spacial score (nSPS) is 13.8. The monoisotopic (exact) mass is 278 g/mol. The van der Waals surface area contributed by atoms with E-state index in [9.17, 15) is 9.59 Å². The molecule has 5 nitrogen and oxygen atoms in total. The van der Waals surface area contributed by atoms with Crippen molar-refractivity contribution in [3.8, 4) is 0 Å². The van der Waals surface area contributed by atoms with Crippen molar-refractivity contribution in [2.24, 2.45) is 17.6 Å². The molecule has 110 valence electrons. The fourth-order valence-corrected chi connectivity index (χ4v) is 1.91. The van der Waals surface area contributed by atoms with Gasteiger partial charge in [0.25, 0.3) is 0 Å². The van der Waals surface area contributed by atoms with Crippen LogP contribution >= 0.6 is 0 Å². The molecule has 1 aromatic carbocycles. The van der Waals surface area contributed by atoms with Gasteiger partial charge in [-0.3, -0.25) is 9.59 Å². The minimum Gasteiger partial charge on any atom is -0.481 e. The van der Waals surface area contributed by atoms with Gasteiger partial charge in [0.15, 0.2) is 0 Å². The van der Waals surface area contributed by atoms with Gasteiger partial charge in [-0.2, -0.15) is 0 Å². The highest BCUT2D eigenvalue weighted by Gasteiger charge is 2.23. The zero-order chi connectivity index (χ0) is 15.1. The van der Waals surface area contributed by atoms with Gasteiger partial charge in [0.05, 0.1) is 12.0 Å². The Balaban J connectivity index is 2.48. The SMILES string of the molecule is CC(C)C(CNC(=O)[C@H](N)Cc1ccccc1)C(=O)O. The lowest BCUT2D eigenvalue weighted by Gasteiger charge is -2.18. The first-order valence-electron chi connectivity index (χ1n) is 6.71. The van der Waals surface area contributed by atoms with Crippen molar-refractivity contribution in [3.63, 3.8) is 0 Å². The molecule has 0 aromatic heterocycles. The van der Waals surface area contributed by atoms with Gasteiger partial charge in [-0.1, -0.05) is 44.2 Å². The number of nitrogens with two attached hydrogens (primary N) is 1. The van der Waals surface area contributed by atoms with E-state index >= 15 is 0 Å². The second-order valence-electron chi connectivity index (χ2n) is 5.23. The molecule has 0 radical (unpaired) electrons. The topological polar surface area (TPSA) is 92.4 Å². The largest absolute Gasteiger partial charge is 0.481 e. The first-order chi connectivity index (χ1) is 9.41. The second-order valence-corrected chi connectivity index (χ2v) is 5.23. The molecule has 0 aliphatic carbocycles. The molecule has 5 heteroatoms. The molecule has 0 fully saturated rings. The number of carboxylic acids is 1. The number of carbonyl (C=O) groups excluding carboxylic acids is 1. The van der Waals surface area contributed by atoms with E-state index in [0.717, 1.165) is 5.56 Å². The highest BCUT2D eigenvalue weighted by Crippen LogP contribution is 2.10. The van der Waals surface area contributed by atoms with Crippen LogP contribution in [-0.2, 0) is 16.0 Å². The number of carbonyl (C=O) groups is 2. The average molecular weight is 278 g/mol. The molecule has 0 saturated heterocycles. The van der Waals surface area contributed by atoms with Crippen LogP contribution in [0.5, 0.6) is 0 Å². The van der Waals surface area contributed by atoms with Gasteiger partial charge in [-0.05, 0) is 17.9 Å². The van der Waals surface area contributed by atoms with Crippen molar-refractivity contribution in [2.75, 3.05) is 6.54 Å². The molecule has 1 unspecified atom stereocenters. The molecule has 0 aliphatic heterocycles. The van der Waals surface area contributed by atoms with E-state index in [1.54, 1.807) is 0 Å². The quantitative estimate of drug-likeness (QED) is 0.694. The Kier molecular flexibility index (Phi) is 6.18. The Morgan fingerprint density at radius 2 is 1.85 bits per heavy atom. The van der Waals surface area contributed by atoms with Gasteiger partial charge in [0, 0.05) is 6.54 Å². The Bertz CT molecular complexity index is 446. The summed E-state index contributed by atoms with van der Waals surface area (Å²) in [7, 11) is 0. The van der Waals surface area contributed by atoms with Crippen molar-refractivity contribution in [1.29, 1.82) is 0 Å². The number of rotatable bonds is 7. The minimum atomic E-state index is -0.906. The highest BCUT2D eigenvalue weighted by atomic mass is 16.4. The number of aliphatic carboxylic acids is 1. The minimum absolute atomic E-state index is 0.0434. The summed E-state index contributed by atoms with van der Waals surface area (Å²) in [5.74, 6) is -1.86. The summed E-state index contributed by atoms with van der Waals surface area (Å²) in [5, 5.41) is 11.7. The van der Waals surface area contributed by atoms with Crippen LogP contribution in [0.4, 0.5) is 0 Å². The maximum atomic E-state index is 11.9. The van der Waals surface area contributed by atoms with E-state index in [0.29, 0.717) is 6.42 Å². The third kappa shape index (κ3) is 5.01. The van der Waals surface area contributed by atoms with Crippen LogP contribution in [-0.4, -0.2) is 29.6 Å². The predicted octanol–water partition coefficient (Wildman–Crippen LogP) is 1.03. The number of nitrogens with one attached hydrogen (secondary N) is 1. The summed E-state index contributed by atoms with van der Waals surface area (Å²) in [4.78, 5) is 22.9. The third-order valence-corrected chi connectivity index (χ3v) is 3.25. The molecular formula is C15H22N2O3. The van der Waals surface area contributed by atoms with E-state index in [4.69, 9.17) is 10.8 Å². The number of hydrogen-bond acceptors (Lipinski definition) is 3. The van der Waals surface area contributed by atoms with Crippen molar-refractivity contribution >= 4 is 11.9 Å². The van der Waals surface area contributed by atoms with Gasteiger partial charge < -0.3 is 16.2 Å². The van der Waals surface area contributed by atoms with Gasteiger partial charge in [0.1, 0.15) is 0 Å². The van der Waals surface area contributed by atoms with Crippen LogP contribution in [0, 0.1) is 11.8 Å². The molecule has 20 heavy (non-hydrogen) atoms. The number of carboxylic acid groups (broad SMARTS) is 1. The van der Waals surface area contributed by atoms with E-state index in [1.165, 1.54) is 0 Å². The summed E-state index contributed by atoms with van der Waals surface area (Å²) >= 11 is 0. The van der Waals surface area contributed by atoms with Crippen molar-refractivity contribution < 1.29 is 14.7 Å². The molecule has 0 bridgehead atoms. The van der Waals surface area contributed by atoms with Crippen LogP contribution in [0.3, 0.4) is 0 Å². The summed E-state index contributed by atoms with van der Waals surface area (Å²) in [6, 6.07) is 8.81. The number of amides is 1. The van der Waals surface area contributed by atoms with E-state index in [1.807, 2.05) is 44.2 Å². The third-order valence-electron chi connectivity index (χ3n) is 3.25. The fraction of sp³-hybridized carbons (Fsp3) is 0.467. The van der Waals surface area contributed by atoms with Crippen LogP contribution in [0.1, 0.15) is 19.4 Å². The molecule has 0 heterocycles. The number of benzene rings is 1. The van der Waals surface area contributed by atoms with Crippen LogP contribution in [0.15, 0.2) is 30.3 Å². The van der Waals surface area contributed by atoms with E-state index < -0.39 is 17.9 Å². The Labute approximate surface area is 119 Å².